The van der Waals surface area contributed by atoms with Gasteiger partial charge in [0.05, 0.1) is 7.11 Å². The molecule has 1 N–H and O–H groups in total. The fourth-order valence-electron chi connectivity index (χ4n) is 1.56. The molecule has 96 valence electrons. The zero-order valence-electron chi connectivity index (χ0n) is 10.3. The first-order valence-electron chi connectivity index (χ1n) is 5.63. The summed E-state index contributed by atoms with van der Waals surface area (Å²) in [7, 11) is 1.40. The largest absolute Gasteiger partial charge is 0.468 e. The predicted molar refractivity (Wildman–Crippen MR) is 75.9 cm³/mol. The van der Waals surface area contributed by atoms with Crippen molar-refractivity contribution in [2.75, 3.05) is 7.11 Å². The molecule has 0 aliphatic carbocycles. The molecule has 2 aromatic rings. The molecule has 0 aliphatic rings. The second-order valence-electron chi connectivity index (χ2n) is 3.90. The summed E-state index contributed by atoms with van der Waals surface area (Å²) in [4.78, 5) is 13.7. The first-order valence-corrected chi connectivity index (χ1v) is 7.39. The van der Waals surface area contributed by atoms with Gasteiger partial charge in [-0.3, -0.25) is 10.1 Å². The molecule has 0 fully saturated rings. The molecule has 0 spiro atoms. The van der Waals surface area contributed by atoms with Crippen molar-refractivity contribution >= 4 is 28.6 Å². The van der Waals surface area contributed by atoms with Crippen molar-refractivity contribution in [3.63, 3.8) is 0 Å². The van der Waals surface area contributed by atoms with Crippen molar-refractivity contribution in [2.24, 2.45) is 0 Å². The molecule has 0 amide bonds. The van der Waals surface area contributed by atoms with E-state index in [1.165, 1.54) is 22.4 Å². The first kappa shape index (κ1) is 13.3. The molecule has 18 heavy (non-hydrogen) atoms. The van der Waals surface area contributed by atoms with E-state index in [1.807, 2.05) is 0 Å². The summed E-state index contributed by atoms with van der Waals surface area (Å²) in [5.74, 6) is -0.231. The highest BCUT2D eigenvalue weighted by Crippen LogP contribution is 2.29. The van der Waals surface area contributed by atoms with Crippen molar-refractivity contribution in [3.05, 3.63) is 33.8 Å². The van der Waals surface area contributed by atoms with Crippen molar-refractivity contribution in [3.8, 4) is 10.4 Å². The van der Waals surface area contributed by atoms with Crippen LogP contribution in [0.15, 0.2) is 29.0 Å². The zero-order valence-corrected chi connectivity index (χ0v) is 11.9. The monoisotopic (exact) mass is 281 g/mol. The van der Waals surface area contributed by atoms with Gasteiger partial charge in [-0.1, -0.05) is 6.07 Å². The van der Waals surface area contributed by atoms with Crippen molar-refractivity contribution in [1.29, 1.82) is 0 Å². The van der Waals surface area contributed by atoms with E-state index in [1.54, 1.807) is 29.6 Å². The number of carbonyl (C=O) groups is 1. The van der Waals surface area contributed by atoms with Crippen LogP contribution in [0.4, 0.5) is 0 Å². The molecule has 2 heterocycles. The number of rotatable bonds is 5. The molecule has 0 aliphatic heterocycles. The van der Waals surface area contributed by atoms with Crippen LogP contribution < -0.4 is 5.32 Å². The number of thiophene rings is 2. The van der Waals surface area contributed by atoms with Crippen LogP contribution in [0.5, 0.6) is 0 Å². The van der Waals surface area contributed by atoms with E-state index >= 15 is 0 Å². The van der Waals surface area contributed by atoms with Crippen LogP contribution in [-0.2, 0) is 16.1 Å². The molecule has 0 aromatic carbocycles. The average Bonchev–Trinajstić information content (AvgIpc) is 3.04. The Morgan fingerprint density at radius 1 is 1.50 bits per heavy atom. The fourth-order valence-corrected chi connectivity index (χ4v) is 3.18. The minimum atomic E-state index is -0.276. The lowest BCUT2D eigenvalue weighted by Gasteiger charge is -2.09. The molecule has 0 bridgehead atoms. The summed E-state index contributed by atoms with van der Waals surface area (Å²) >= 11 is 3.44. The van der Waals surface area contributed by atoms with E-state index in [2.05, 4.69) is 39.0 Å². The van der Waals surface area contributed by atoms with Gasteiger partial charge in [-0.25, -0.2) is 0 Å². The van der Waals surface area contributed by atoms with E-state index < -0.39 is 0 Å². The van der Waals surface area contributed by atoms with Crippen LogP contribution in [0.3, 0.4) is 0 Å². The number of esters is 1. The summed E-state index contributed by atoms with van der Waals surface area (Å²) in [6, 6.07) is 6.05. The van der Waals surface area contributed by atoms with Crippen LogP contribution in [0.25, 0.3) is 10.4 Å². The van der Waals surface area contributed by atoms with Gasteiger partial charge in [0.1, 0.15) is 6.04 Å². The second-order valence-corrected chi connectivity index (χ2v) is 5.85. The Morgan fingerprint density at radius 2 is 2.33 bits per heavy atom. The average molecular weight is 281 g/mol. The van der Waals surface area contributed by atoms with Crippen LogP contribution in [0.1, 0.15) is 11.8 Å². The summed E-state index contributed by atoms with van der Waals surface area (Å²) in [6.07, 6.45) is 0. The number of hydrogen-bond acceptors (Lipinski definition) is 5. The Bertz CT molecular complexity index is 505. The maximum atomic E-state index is 11.2. The quantitative estimate of drug-likeness (QED) is 0.856. The third-order valence-electron chi connectivity index (χ3n) is 2.60. The van der Waals surface area contributed by atoms with Crippen LogP contribution in [0, 0.1) is 0 Å². The van der Waals surface area contributed by atoms with Gasteiger partial charge >= 0.3 is 5.97 Å². The zero-order chi connectivity index (χ0) is 13.0. The normalized spacial score (nSPS) is 12.3. The molecule has 2 aromatic heterocycles. The third kappa shape index (κ3) is 3.19. The molecule has 5 heteroatoms. The first-order chi connectivity index (χ1) is 8.70. The van der Waals surface area contributed by atoms with Gasteiger partial charge in [0.2, 0.25) is 0 Å². The van der Waals surface area contributed by atoms with Crippen LogP contribution >= 0.6 is 22.7 Å². The highest BCUT2D eigenvalue weighted by atomic mass is 32.1. The SMILES string of the molecule is COC(=O)[C@H](C)NCc1cc(-c2cccs2)cs1. The highest BCUT2D eigenvalue weighted by molar-refractivity contribution is 7.14. The van der Waals surface area contributed by atoms with E-state index in [-0.39, 0.29) is 12.0 Å². The minimum Gasteiger partial charge on any atom is -0.468 e. The smallest absolute Gasteiger partial charge is 0.322 e. The maximum absolute atomic E-state index is 11.2. The van der Waals surface area contributed by atoms with Gasteiger partial charge < -0.3 is 4.74 Å². The van der Waals surface area contributed by atoms with Gasteiger partial charge in [-0.05, 0) is 29.8 Å². The second kappa shape index (κ2) is 6.13. The molecular weight excluding hydrogens is 266 g/mol. The number of ether oxygens (including phenoxy) is 1. The summed E-state index contributed by atoms with van der Waals surface area (Å²) in [5.41, 5.74) is 1.25. The summed E-state index contributed by atoms with van der Waals surface area (Å²) < 4.78 is 4.67. The molecule has 1 atom stereocenters. The lowest BCUT2D eigenvalue weighted by molar-refractivity contribution is -0.142. The van der Waals surface area contributed by atoms with Crippen molar-refractivity contribution in [1.82, 2.24) is 5.32 Å². The molecule has 2 rings (SSSR count). The molecule has 0 radical (unpaired) electrons. The summed E-state index contributed by atoms with van der Waals surface area (Å²) in [5, 5.41) is 7.37. The predicted octanol–water partition coefficient (Wildman–Crippen LogP) is 3.13. The summed E-state index contributed by atoms with van der Waals surface area (Å²) in [6.45, 7) is 2.49. The lowest BCUT2D eigenvalue weighted by atomic mass is 10.2. The maximum Gasteiger partial charge on any atom is 0.322 e. The van der Waals surface area contributed by atoms with E-state index in [0.717, 1.165) is 0 Å². The number of hydrogen-bond donors (Lipinski definition) is 1. The molecule has 0 saturated carbocycles. The standard InChI is InChI=1S/C13H15NO2S2/c1-9(13(15)16-2)14-7-11-6-10(8-18-11)12-4-3-5-17-12/h3-6,8-9,14H,7H2,1-2H3/t9-/m0/s1. The van der Waals surface area contributed by atoms with Crippen molar-refractivity contribution < 1.29 is 9.53 Å². The van der Waals surface area contributed by atoms with Gasteiger partial charge in [0, 0.05) is 21.9 Å². The van der Waals surface area contributed by atoms with Gasteiger partial charge in [-0.2, -0.15) is 0 Å². The van der Waals surface area contributed by atoms with E-state index in [4.69, 9.17) is 0 Å². The van der Waals surface area contributed by atoms with Crippen LogP contribution in [-0.4, -0.2) is 19.1 Å². The minimum absolute atomic E-state index is 0.231. The Hall–Kier alpha value is -1.17. The van der Waals surface area contributed by atoms with Gasteiger partial charge in [0.25, 0.3) is 0 Å². The van der Waals surface area contributed by atoms with Crippen LogP contribution in [0.2, 0.25) is 0 Å². The molecule has 0 unspecified atom stereocenters. The molecule has 0 saturated heterocycles. The third-order valence-corrected chi connectivity index (χ3v) is 4.45. The van der Waals surface area contributed by atoms with Gasteiger partial charge in [0.15, 0.2) is 0 Å². The fraction of sp³-hybridized carbons (Fsp3) is 0.308. The number of nitrogens with one attached hydrogen (secondary N) is 1. The molecule has 3 nitrogen and oxygen atoms in total. The number of carbonyl (C=O) groups excluding carboxylic acids is 1. The Labute approximate surface area is 114 Å². The Morgan fingerprint density at radius 3 is 3.00 bits per heavy atom. The highest BCUT2D eigenvalue weighted by Gasteiger charge is 2.12. The van der Waals surface area contributed by atoms with Crippen molar-refractivity contribution in [2.45, 2.75) is 19.5 Å². The van der Waals surface area contributed by atoms with E-state index in [0.29, 0.717) is 6.54 Å². The number of methoxy groups -OCH3 is 1. The Kier molecular flexibility index (Phi) is 4.52. The molecular formula is C13H15NO2S2. The topological polar surface area (TPSA) is 38.3 Å². The lowest BCUT2D eigenvalue weighted by Crippen LogP contribution is -2.34. The van der Waals surface area contributed by atoms with E-state index in [9.17, 15) is 4.79 Å². The van der Waals surface area contributed by atoms with Gasteiger partial charge in [-0.15, -0.1) is 22.7 Å². The Balaban J connectivity index is 1.93.